The predicted octanol–water partition coefficient (Wildman–Crippen LogP) is 2.00. The van der Waals surface area contributed by atoms with Crippen molar-refractivity contribution in [3.8, 4) is 5.88 Å². The molecule has 0 spiro atoms. The molecule has 0 aliphatic heterocycles. The first kappa shape index (κ1) is 14.0. The van der Waals surface area contributed by atoms with Gasteiger partial charge in [0.25, 0.3) is 0 Å². The molecule has 0 unspecified atom stereocenters. The number of methoxy groups -OCH3 is 1. The third-order valence-electron chi connectivity index (χ3n) is 2.02. The Balaban J connectivity index is 3.07. The smallest absolute Gasteiger partial charge is 0.417 e. The van der Waals surface area contributed by atoms with Crippen LogP contribution in [0.1, 0.15) is 17.5 Å². The molecule has 0 saturated carbocycles. The van der Waals surface area contributed by atoms with Gasteiger partial charge in [-0.2, -0.15) is 13.2 Å². The zero-order valence-electron chi connectivity index (χ0n) is 9.49. The molecule has 2 N–H and O–H groups in total. The number of halogens is 3. The number of alkyl halides is 3. The predicted molar refractivity (Wildman–Crippen MR) is 58.6 cm³/mol. The van der Waals surface area contributed by atoms with Gasteiger partial charge in [-0.3, -0.25) is 4.79 Å². The molecule has 1 rings (SSSR count). The topological polar surface area (TPSA) is 65.2 Å². The average molecular weight is 260 g/mol. The molecule has 0 bridgehead atoms. The second kappa shape index (κ2) is 5.52. The van der Waals surface area contributed by atoms with Crippen LogP contribution in [0, 0.1) is 0 Å². The normalized spacial score (nSPS) is 11.8. The summed E-state index contributed by atoms with van der Waals surface area (Å²) in [7, 11) is 1.29. The van der Waals surface area contributed by atoms with Crippen LogP contribution in [0.3, 0.4) is 0 Å². The highest BCUT2D eigenvalue weighted by molar-refractivity contribution is 5.76. The van der Waals surface area contributed by atoms with E-state index in [0.29, 0.717) is 6.20 Å². The van der Waals surface area contributed by atoms with Crippen LogP contribution in [-0.2, 0) is 11.0 Å². The van der Waals surface area contributed by atoms with Crippen molar-refractivity contribution in [2.75, 3.05) is 7.11 Å². The number of nitrogens with two attached hydrogens (primary N) is 1. The number of primary amides is 1. The van der Waals surface area contributed by atoms with E-state index in [-0.39, 0.29) is 17.9 Å². The first-order valence-corrected chi connectivity index (χ1v) is 4.90. The molecule has 0 atom stereocenters. The van der Waals surface area contributed by atoms with Crippen LogP contribution in [0.25, 0.3) is 6.08 Å². The molecule has 4 nitrogen and oxygen atoms in total. The third-order valence-corrected chi connectivity index (χ3v) is 2.02. The van der Waals surface area contributed by atoms with Crippen LogP contribution in [0.4, 0.5) is 13.2 Å². The van der Waals surface area contributed by atoms with Crippen molar-refractivity contribution in [2.45, 2.75) is 12.6 Å². The number of aromatic nitrogens is 1. The maximum absolute atomic E-state index is 12.5. The third kappa shape index (κ3) is 3.76. The van der Waals surface area contributed by atoms with Gasteiger partial charge in [0.05, 0.1) is 12.7 Å². The number of carbonyl (C=O) groups excluding carboxylic acids is 1. The minimum absolute atomic E-state index is 0.0451. The summed E-state index contributed by atoms with van der Waals surface area (Å²) in [5, 5.41) is 0. The molecule has 0 aliphatic carbocycles. The Morgan fingerprint density at radius 2 is 2.22 bits per heavy atom. The van der Waals surface area contributed by atoms with Gasteiger partial charge in [0.2, 0.25) is 11.8 Å². The molecule has 1 aromatic rings. The van der Waals surface area contributed by atoms with Crippen molar-refractivity contribution in [3.05, 3.63) is 29.5 Å². The van der Waals surface area contributed by atoms with Gasteiger partial charge >= 0.3 is 6.18 Å². The van der Waals surface area contributed by atoms with E-state index >= 15 is 0 Å². The van der Waals surface area contributed by atoms with E-state index in [1.165, 1.54) is 19.3 Å². The average Bonchev–Trinajstić information content (AvgIpc) is 2.27. The van der Waals surface area contributed by atoms with Crippen molar-refractivity contribution >= 4 is 12.0 Å². The first-order chi connectivity index (χ1) is 8.34. The fourth-order valence-electron chi connectivity index (χ4n) is 1.22. The summed E-state index contributed by atoms with van der Waals surface area (Å²) in [5.41, 5.74) is 4.16. The van der Waals surface area contributed by atoms with Crippen LogP contribution in [0.2, 0.25) is 0 Å². The maximum Gasteiger partial charge on any atom is 0.417 e. The lowest BCUT2D eigenvalue weighted by Crippen LogP contribution is -2.08. The van der Waals surface area contributed by atoms with E-state index in [0.717, 1.165) is 6.07 Å². The summed E-state index contributed by atoms with van der Waals surface area (Å²) in [6, 6.07) is 0.892. The number of nitrogens with zero attached hydrogens (tertiary/aromatic N) is 1. The number of pyridine rings is 1. The standard InChI is InChI=1S/C11H11F3N2O2/c1-18-10-7(3-2-4-9(15)17)5-8(6-16-10)11(12,13)14/h2-3,5-6H,4H2,1H3,(H2,15,17). The van der Waals surface area contributed by atoms with Gasteiger partial charge < -0.3 is 10.5 Å². The molecule has 7 heteroatoms. The molecular formula is C11H11F3N2O2. The van der Waals surface area contributed by atoms with Crippen LogP contribution in [0.5, 0.6) is 5.88 Å². The van der Waals surface area contributed by atoms with E-state index in [1.807, 2.05) is 0 Å². The molecule has 0 fully saturated rings. The number of carbonyl (C=O) groups is 1. The Morgan fingerprint density at radius 1 is 1.56 bits per heavy atom. The Bertz CT molecular complexity index is 470. The second-order valence-electron chi connectivity index (χ2n) is 3.39. The molecule has 0 aliphatic rings. The van der Waals surface area contributed by atoms with Crippen LogP contribution >= 0.6 is 0 Å². The Hall–Kier alpha value is -2.05. The molecule has 0 radical (unpaired) electrons. The molecule has 1 amide bonds. The zero-order chi connectivity index (χ0) is 13.8. The minimum Gasteiger partial charge on any atom is -0.481 e. The van der Waals surface area contributed by atoms with E-state index in [1.54, 1.807) is 0 Å². The Morgan fingerprint density at radius 3 is 2.72 bits per heavy atom. The fraction of sp³-hybridized carbons (Fsp3) is 0.273. The quantitative estimate of drug-likeness (QED) is 0.900. The van der Waals surface area contributed by atoms with E-state index in [2.05, 4.69) is 4.98 Å². The van der Waals surface area contributed by atoms with E-state index in [9.17, 15) is 18.0 Å². The lowest BCUT2D eigenvalue weighted by atomic mass is 10.1. The van der Waals surface area contributed by atoms with E-state index < -0.39 is 17.6 Å². The largest absolute Gasteiger partial charge is 0.481 e. The van der Waals surface area contributed by atoms with Gasteiger partial charge in [0, 0.05) is 18.2 Å². The summed E-state index contributed by atoms with van der Waals surface area (Å²) in [6.07, 6.45) is -1.21. The summed E-state index contributed by atoms with van der Waals surface area (Å²) in [4.78, 5) is 14.1. The lowest BCUT2D eigenvalue weighted by molar-refractivity contribution is -0.137. The molecule has 0 aromatic carbocycles. The molecule has 1 heterocycles. The van der Waals surface area contributed by atoms with Gasteiger partial charge in [0.1, 0.15) is 0 Å². The minimum atomic E-state index is -4.48. The maximum atomic E-state index is 12.5. The lowest BCUT2D eigenvalue weighted by Gasteiger charge is -2.09. The fourth-order valence-corrected chi connectivity index (χ4v) is 1.22. The molecular weight excluding hydrogens is 249 g/mol. The van der Waals surface area contributed by atoms with Crippen LogP contribution in [-0.4, -0.2) is 18.0 Å². The van der Waals surface area contributed by atoms with Crippen molar-refractivity contribution in [1.82, 2.24) is 4.98 Å². The number of hydrogen-bond acceptors (Lipinski definition) is 3. The Kier molecular flexibility index (Phi) is 4.30. The van der Waals surface area contributed by atoms with Gasteiger partial charge in [-0.1, -0.05) is 12.2 Å². The van der Waals surface area contributed by atoms with Crippen molar-refractivity contribution in [1.29, 1.82) is 0 Å². The SMILES string of the molecule is COc1ncc(C(F)(F)F)cc1C=CCC(N)=O. The highest BCUT2D eigenvalue weighted by Crippen LogP contribution is 2.31. The van der Waals surface area contributed by atoms with Gasteiger partial charge in [-0.15, -0.1) is 0 Å². The van der Waals surface area contributed by atoms with Crippen molar-refractivity contribution in [3.63, 3.8) is 0 Å². The van der Waals surface area contributed by atoms with Crippen LogP contribution < -0.4 is 10.5 Å². The second-order valence-corrected chi connectivity index (χ2v) is 3.39. The zero-order valence-corrected chi connectivity index (χ0v) is 9.49. The number of ether oxygens (including phenoxy) is 1. The van der Waals surface area contributed by atoms with Crippen molar-refractivity contribution in [2.24, 2.45) is 5.73 Å². The monoisotopic (exact) mass is 260 g/mol. The Labute approximate surface area is 101 Å². The molecule has 98 valence electrons. The summed E-state index contributed by atoms with van der Waals surface area (Å²) >= 11 is 0. The van der Waals surface area contributed by atoms with Crippen LogP contribution in [0.15, 0.2) is 18.3 Å². The van der Waals surface area contributed by atoms with Gasteiger partial charge in [-0.05, 0) is 6.07 Å². The van der Waals surface area contributed by atoms with Crippen molar-refractivity contribution < 1.29 is 22.7 Å². The number of amides is 1. The van der Waals surface area contributed by atoms with Gasteiger partial charge in [-0.25, -0.2) is 4.98 Å². The highest BCUT2D eigenvalue weighted by atomic mass is 19.4. The molecule has 18 heavy (non-hydrogen) atoms. The van der Waals surface area contributed by atoms with E-state index in [4.69, 9.17) is 10.5 Å². The highest BCUT2D eigenvalue weighted by Gasteiger charge is 2.31. The molecule has 1 aromatic heterocycles. The number of hydrogen-bond donors (Lipinski definition) is 1. The van der Waals surface area contributed by atoms with Gasteiger partial charge in [0.15, 0.2) is 0 Å². The first-order valence-electron chi connectivity index (χ1n) is 4.90. The number of rotatable bonds is 4. The summed E-state index contributed by atoms with van der Waals surface area (Å²) < 4.78 is 42.2. The summed E-state index contributed by atoms with van der Waals surface area (Å²) in [6.45, 7) is 0. The summed E-state index contributed by atoms with van der Waals surface area (Å²) in [5.74, 6) is -0.533. The molecule has 0 saturated heterocycles.